The molecular formula is C17H19NO2. The molecule has 3 heteroatoms. The maximum absolute atomic E-state index is 11.5. The van der Waals surface area contributed by atoms with Crippen molar-refractivity contribution in [2.24, 2.45) is 0 Å². The van der Waals surface area contributed by atoms with Crippen molar-refractivity contribution in [1.29, 1.82) is 0 Å². The molecule has 0 bridgehead atoms. The largest absolute Gasteiger partial charge is 0.494 e. The summed E-state index contributed by atoms with van der Waals surface area (Å²) in [6, 6.07) is 14.4. The molecule has 0 aliphatic carbocycles. The zero-order valence-electron chi connectivity index (χ0n) is 11.5. The highest BCUT2D eigenvalue weighted by Crippen LogP contribution is 2.20. The Bertz CT molecular complexity index is 609. The summed E-state index contributed by atoms with van der Waals surface area (Å²) in [6.07, 6.45) is 2.61. The summed E-state index contributed by atoms with van der Waals surface area (Å²) < 4.78 is 5.77. The number of rotatable bonds is 5. The Hall–Kier alpha value is -2.03. The standard InChI is InChI=1S/C17H19NO2/c19-17-7-3-10-18(17)11-4-12-20-16-9-8-14-5-1-2-6-15(14)13-16/h1-2,5-6,8-9,13H,3-4,7,10-12H2. The number of carbonyl (C=O) groups is 1. The Labute approximate surface area is 119 Å². The molecule has 0 radical (unpaired) electrons. The first-order valence-electron chi connectivity index (χ1n) is 7.22. The van der Waals surface area contributed by atoms with Gasteiger partial charge in [0.05, 0.1) is 6.61 Å². The van der Waals surface area contributed by atoms with Crippen molar-refractivity contribution >= 4 is 16.7 Å². The molecule has 0 spiro atoms. The van der Waals surface area contributed by atoms with Crippen LogP contribution in [-0.2, 0) is 4.79 Å². The molecule has 0 N–H and O–H groups in total. The summed E-state index contributed by atoms with van der Waals surface area (Å²) in [7, 11) is 0. The Morgan fingerprint density at radius 2 is 1.95 bits per heavy atom. The highest BCUT2D eigenvalue weighted by Gasteiger charge is 2.18. The molecule has 0 saturated carbocycles. The third kappa shape index (κ3) is 2.93. The van der Waals surface area contributed by atoms with E-state index >= 15 is 0 Å². The van der Waals surface area contributed by atoms with Gasteiger partial charge in [0.25, 0.3) is 0 Å². The van der Waals surface area contributed by atoms with Gasteiger partial charge in [-0.1, -0.05) is 30.3 Å². The van der Waals surface area contributed by atoms with Crippen molar-refractivity contribution in [3.05, 3.63) is 42.5 Å². The lowest BCUT2D eigenvalue weighted by Gasteiger charge is -2.15. The third-order valence-electron chi connectivity index (χ3n) is 3.73. The number of carbonyl (C=O) groups excluding carboxylic acids is 1. The average molecular weight is 269 g/mol. The van der Waals surface area contributed by atoms with E-state index in [4.69, 9.17) is 4.74 Å². The van der Waals surface area contributed by atoms with Crippen LogP contribution in [0.2, 0.25) is 0 Å². The van der Waals surface area contributed by atoms with Gasteiger partial charge in [0.2, 0.25) is 5.91 Å². The van der Waals surface area contributed by atoms with Gasteiger partial charge in [0, 0.05) is 19.5 Å². The lowest BCUT2D eigenvalue weighted by Crippen LogP contribution is -2.26. The third-order valence-corrected chi connectivity index (χ3v) is 3.73. The van der Waals surface area contributed by atoms with Gasteiger partial charge < -0.3 is 9.64 Å². The van der Waals surface area contributed by atoms with Crippen molar-refractivity contribution in [3.8, 4) is 5.75 Å². The maximum atomic E-state index is 11.5. The van der Waals surface area contributed by atoms with Crippen LogP contribution in [0.4, 0.5) is 0 Å². The Morgan fingerprint density at radius 1 is 1.10 bits per heavy atom. The molecule has 2 aromatic rings. The SMILES string of the molecule is O=C1CCCN1CCCOc1ccc2ccccc2c1. The second-order valence-electron chi connectivity index (χ2n) is 5.20. The van der Waals surface area contributed by atoms with Crippen LogP contribution in [0, 0.1) is 0 Å². The van der Waals surface area contributed by atoms with Gasteiger partial charge in [-0.15, -0.1) is 0 Å². The minimum Gasteiger partial charge on any atom is -0.494 e. The first-order valence-corrected chi connectivity index (χ1v) is 7.22. The van der Waals surface area contributed by atoms with Crippen LogP contribution in [0.5, 0.6) is 5.75 Å². The van der Waals surface area contributed by atoms with Crippen LogP contribution in [0.15, 0.2) is 42.5 Å². The first kappa shape index (κ1) is 13.0. The molecule has 1 aliphatic rings. The molecule has 1 aliphatic heterocycles. The Morgan fingerprint density at radius 3 is 2.75 bits per heavy atom. The predicted molar refractivity (Wildman–Crippen MR) is 79.9 cm³/mol. The summed E-state index contributed by atoms with van der Waals surface area (Å²) in [4.78, 5) is 13.4. The fraction of sp³-hybridized carbons (Fsp3) is 0.353. The van der Waals surface area contributed by atoms with Crippen LogP contribution in [-0.4, -0.2) is 30.5 Å². The summed E-state index contributed by atoms with van der Waals surface area (Å²) in [5.41, 5.74) is 0. The lowest BCUT2D eigenvalue weighted by molar-refractivity contribution is -0.127. The minimum atomic E-state index is 0.288. The molecule has 104 valence electrons. The van der Waals surface area contributed by atoms with Crippen molar-refractivity contribution in [2.45, 2.75) is 19.3 Å². The molecule has 20 heavy (non-hydrogen) atoms. The topological polar surface area (TPSA) is 29.5 Å². The second-order valence-corrected chi connectivity index (χ2v) is 5.20. The zero-order valence-corrected chi connectivity index (χ0v) is 11.5. The number of fused-ring (bicyclic) bond motifs is 1. The molecule has 3 rings (SSSR count). The number of benzene rings is 2. The van der Waals surface area contributed by atoms with Crippen LogP contribution in [0.25, 0.3) is 10.8 Å². The quantitative estimate of drug-likeness (QED) is 0.780. The molecule has 1 amide bonds. The highest BCUT2D eigenvalue weighted by molar-refractivity contribution is 5.83. The fourth-order valence-electron chi connectivity index (χ4n) is 2.64. The van der Waals surface area contributed by atoms with Crippen molar-refractivity contribution in [3.63, 3.8) is 0 Å². The van der Waals surface area contributed by atoms with E-state index in [1.54, 1.807) is 0 Å². The van der Waals surface area contributed by atoms with E-state index in [2.05, 4.69) is 24.3 Å². The average Bonchev–Trinajstić information content (AvgIpc) is 2.89. The monoisotopic (exact) mass is 269 g/mol. The molecular weight excluding hydrogens is 250 g/mol. The van der Waals surface area contributed by atoms with Crippen LogP contribution < -0.4 is 4.74 Å². The number of nitrogens with zero attached hydrogens (tertiary/aromatic N) is 1. The molecule has 3 nitrogen and oxygen atoms in total. The lowest BCUT2D eigenvalue weighted by atomic mass is 10.1. The van der Waals surface area contributed by atoms with Crippen molar-refractivity contribution < 1.29 is 9.53 Å². The molecule has 0 unspecified atom stereocenters. The molecule has 1 heterocycles. The molecule has 2 aromatic carbocycles. The van der Waals surface area contributed by atoms with Crippen LogP contribution >= 0.6 is 0 Å². The van der Waals surface area contributed by atoms with E-state index < -0.39 is 0 Å². The summed E-state index contributed by atoms with van der Waals surface area (Å²) >= 11 is 0. The Balaban J connectivity index is 1.51. The van der Waals surface area contributed by atoms with E-state index in [0.29, 0.717) is 13.0 Å². The predicted octanol–water partition coefficient (Wildman–Crippen LogP) is 3.23. The minimum absolute atomic E-state index is 0.288. The molecule has 0 atom stereocenters. The van der Waals surface area contributed by atoms with Gasteiger partial charge in [-0.3, -0.25) is 4.79 Å². The van der Waals surface area contributed by atoms with E-state index in [0.717, 1.165) is 31.7 Å². The highest BCUT2D eigenvalue weighted by atomic mass is 16.5. The summed E-state index contributed by atoms with van der Waals surface area (Å²) in [5.74, 6) is 1.19. The molecule has 0 aromatic heterocycles. The molecule has 1 fully saturated rings. The van der Waals surface area contributed by atoms with Gasteiger partial charge in [-0.2, -0.15) is 0 Å². The van der Waals surface area contributed by atoms with Crippen LogP contribution in [0.3, 0.4) is 0 Å². The van der Waals surface area contributed by atoms with Crippen LogP contribution in [0.1, 0.15) is 19.3 Å². The van der Waals surface area contributed by atoms with E-state index in [9.17, 15) is 4.79 Å². The maximum Gasteiger partial charge on any atom is 0.222 e. The number of likely N-dealkylation sites (tertiary alicyclic amines) is 1. The number of ether oxygens (including phenoxy) is 1. The second kappa shape index (κ2) is 5.95. The number of amides is 1. The van der Waals surface area contributed by atoms with E-state index in [-0.39, 0.29) is 5.91 Å². The van der Waals surface area contributed by atoms with Gasteiger partial charge in [-0.05, 0) is 35.7 Å². The Kier molecular flexibility index (Phi) is 3.86. The molecule has 1 saturated heterocycles. The number of hydrogen-bond donors (Lipinski definition) is 0. The zero-order chi connectivity index (χ0) is 13.8. The van der Waals surface area contributed by atoms with Crippen molar-refractivity contribution in [1.82, 2.24) is 4.90 Å². The van der Waals surface area contributed by atoms with Gasteiger partial charge >= 0.3 is 0 Å². The summed E-state index contributed by atoms with van der Waals surface area (Å²) in [6.45, 7) is 2.38. The first-order chi connectivity index (χ1) is 9.83. The van der Waals surface area contributed by atoms with E-state index in [1.165, 1.54) is 10.8 Å². The van der Waals surface area contributed by atoms with Gasteiger partial charge in [0.1, 0.15) is 5.75 Å². The number of hydrogen-bond acceptors (Lipinski definition) is 2. The van der Waals surface area contributed by atoms with E-state index in [1.807, 2.05) is 23.1 Å². The summed E-state index contributed by atoms with van der Waals surface area (Å²) in [5, 5.41) is 2.42. The van der Waals surface area contributed by atoms with Gasteiger partial charge in [0.15, 0.2) is 0 Å². The fourth-order valence-corrected chi connectivity index (χ4v) is 2.64. The van der Waals surface area contributed by atoms with Crippen molar-refractivity contribution in [2.75, 3.05) is 19.7 Å². The smallest absolute Gasteiger partial charge is 0.222 e. The van der Waals surface area contributed by atoms with Gasteiger partial charge in [-0.25, -0.2) is 0 Å². The normalized spacial score (nSPS) is 15.0.